The average Bonchev–Trinajstić information content (AvgIpc) is 2.52. The molecule has 0 aliphatic heterocycles. The molecule has 2 aromatic rings. The van der Waals surface area contributed by atoms with Gasteiger partial charge in [0.15, 0.2) is 0 Å². The van der Waals surface area contributed by atoms with Gasteiger partial charge in [-0.2, -0.15) is 0 Å². The molecule has 1 heterocycles. The molecule has 1 amide bonds. The molecule has 3 N–H and O–H groups in total. The first kappa shape index (κ1) is 14.6. The van der Waals surface area contributed by atoms with E-state index in [9.17, 15) is 4.79 Å². The zero-order chi connectivity index (χ0) is 15.2. The largest absolute Gasteiger partial charge is 0.496 e. The number of carbonyl (C=O) groups is 1. The SMILES string of the molecule is COc1ccc(N)cc1CNC(=O)c1ccncc1OC. The molecule has 0 saturated carbocycles. The fraction of sp³-hybridized carbons (Fsp3) is 0.200. The van der Waals surface area contributed by atoms with Crippen LogP contribution in [0.4, 0.5) is 5.69 Å². The zero-order valence-corrected chi connectivity index (χ0v) is 11.9. The van der Waals surface area contributed by atoms with Crippen molar-refractivity contribution >= 4 is 11.6 Å². The predicted molar refractivity (Wildman–Crippen MR) is 79.4 cm³/mol. The van der Waals surface area contributed by atoms with Gasteiger partial charge in [0, 0.05) is 24.0 Å². The van der Waals surface area contributed by atoms with Crippen molar-refractivity contribution in [3.8, 4) is 11.5 Å². The van der Waals surface area contributed by atoms with Crippen LogP contribution in [0.5, 0.6) is 11.5 Å². The maximum absolute atomic E-state index is 12.2. The fourth-order valence-corrected chi connectivity index (χ4v) is 1.94. The number of hydrogen-bond donors (Lipinski definition) is 2. The number of pyridine rings is 1. The van der Waals surface area contributed by atoms with Crippen LogP contribution in [0.1, 0.15) is 15.9 Å². The normalized spacial score (nSPS) is 10.0. The molecule has 21 heavy (non-hydrogen) atoms. The van der Waals surface area contributed by atoms with Crippen LogP contribution in [-0.2, 0) is 6.54 Å². The summed E-state index contributed by atoms with van der Waals surface area (Å²) in [6.07, 6.45) is 3.04. The number of amides is 1. The number of benzene rings is 1. The van der Waals surface area contributed by atoms with Crippen LogP contribution in [-0.4, -0.2) is 25.1 Å². The Balaban J connectivity index is 2.13. The molecule has 0 radical (unpaired) electrons. The summed E-state index contributed by atoms with van der Waals surface area (Å²) < 4.78 is 10.4. The van der Waals surface area contributed by atoms with Gasteiger partial charge in [0.1, 0.15) is 11.5 Å². The van der Waals surface area contributed by atoms with Gasteiger partial charge in [0.25, 0.3) is 5.91 Å². The standard InChI is InChI=1S/C15H17N3O3/c1-20-13-4-3-11(16)7-10(13)8-18-15(19)12-5-6-17-9-14(12)21-2/h3-7,9H,8,16H2,1-2H3,(H,18,19). The monoisotopic (exact) mass is 287 g/mol. The van der Waals surface area contributed by atoms with Gasteiger partial charge in [0.2, 0.25) is 0 Å². The van der Waals surface area contributed by atoms with E-state index in [0.717, 1.165) is 5.56 Å². The zero-order valence-electron chi connectivity index (χ0n) is 11.9. The van der Waals surface area contributed by atoms with Gasteiger partial charge in [-0.15, -0.1) is 0 Å². The lowest BCUT2D eigenvalue weighted by atomic mass is 10.1. The number of nitrogens with two attached hydrogens (primary N) is 1. The quantitative estimate of drug-likeness (QED) is 0.816. The summed E-state index contributed by atoms with van der Waals surface area (Å²) >= 11 is 0. The fourth-order valence-electron chi connectivity index (χ4n) is 1.94. The minimum absolute atomic E-state index is 0.251. The van der Waals surface area contributed by atoms with E-state index in [-0.39, 0.29) is 5.91 Å². The molecule has 0 atom stereocenters. The molecule has 0 aliphatic rings. The lowest BCUT2D eigenvalue weighted by molar-refractivity contribution is 0.0947. The third-order valence-corrected chi connectivity index (χ3v) is 2.99. The van der Waals surface area contributed by atoms with Crippen LogP contribution >= 0.6 is 0 Å². The van der Waals surface area contributed by atoms with Crippen molar-refractivity contribution in [2.45, 2.75) is 6.54 Å². The number of aromatic nitrogens is 1. The Bertz CT molecular complexity index is 644. The molecule has 0 spiro atoms. The van der Waals surface area contributed by atoms with Crippen LogP contribution in [0, 0.1) is 0 Å². The number of nitrogens with one attached hydrogen (secondary N) is 1. The number of ether oxygens (including phenoxy) is 2. The second kappa shape index (κ2) is 6.60. The van der Waals surface area contributed by atoms with Crippen molar-refractivity contribution in [2.24, 2.45) is 0 Å². The number of methoxy groups -OCH3 is 2. The molecule has 0 bridgehead atoms. The lowest BCUT2D eigenvalue weighted by Gasteiger charge is -2.11. The lowest BCUT2D eigenvalue weighted by Crippen LogP contribution is -2.23. The van der Waals surface area contributed by atoms with Crippen molar-refractivity contribution in [1.82, 2.24) is 10.3 Å². The molecule has 0 unspecified atom stereocenters. The molecule has 6 heteroatoms. The van der Waals surface area contributed by atoms with E-state index in [0.29, 0.717) is 29.3 Å². The van der Waals surface area contributed by atoms with Crippen LogP contribution in [0.15, 0.2) is 36.7 Å². The molecule has 0 fully saturated rings. The number of anilines is 1. The van der Waals surface area contributed by atoms with Crippen LogP contribution in [0.3, 0.4) is 0 Å². The molecular formula is C15H17N3O3. The first-order valence-corrected chi connectivity index (χ1v) is 6.34. The van der Waals surface area contributed by atoms with E-state index in [1.54, 1.807) is 37.6 Å². The summed E-state index contributed by atoms with van der Waals surface area (Å²) in [6, 6.07) is 6.88. The van der Waals surface area contributed by atoms with E-state index < -0.39 is 0 Å². The van der Waals surface area contributed by atoms with Gasteiger partial charge in [-0.1, -0.05) is 0 Å². The Morgan fingerprint density at radius 2 is 2.00 bits per heavy atom. The minimum Gasteiger partial charge on any atom is -0.496 e. The van der Waals surface area contributed by atoms with Crippen molar-refractivity contribution in [2.75, 3.05) is 20.0 Å². The maximum Gasteiger partial charge on any atom is 0.255 e. The number of nitrogens with zero attached hydrogens (tertiary/aromatic N) is 1. The Morgan fingerprint density at radius 1 is 1.24 bits per heavy atom. The molecule has 0 aliphatic carbocycles. The summed E-state index contributed by atoms with van der Waals surface area (Å²) in [4.78, 5) is 16.1. The van der Waals surface area contributed by atoms with Gasteiger partial charge < -0.3 is 20.5 Å². The molecule has 0 saturated heterocycles. The van der Waals surface area contributed by atoms with Gasteiger partial charge >= 0.3 is 0 Å². The van der Waals surface area contributed by atoms with E-state index in [1.165, 1.54) is 13.3 Å². The summed E-state index contributed by atoms with van der Waals surface area (Å²) in [6.45, 7) is 0.304. The molecule has 2 rings (SSSR count). The second-order valence-electron chi connectivity index (χ2n) is 4.33. The summed E-state index contributed by atoms with van der Waals surface area (Å²) in [5, 5.41) is 2.81. The van der Waals surface area contributed by atoms with Crippen molar-refractivity contribution in [1.29, 1.82) is 0 Å². The molecule has 6 nitrogen and oxygen atoms in total. The van der Waals surface area contributed by atoms with Crippen LogP contribution < -0.4 is 20.5 Å². The first-order valence-electron chi connectivity index (χ1n) is 6.34. The van der Waals surface area contributed by atoms with Crippen LogP contribution in [0.25, 0.3) is 0 Å². The summed E-state index contributed by atoms with van der Waals surface area (Å²) in [5.74, 6) is 0.847. The summed E-state index contributed by atoms with van der Waals surface area (Å²) in [7, 11) is 3.07. The highest BCUT2D eigenvalue weighted by Gasteiger charge is 2.12. The molecule has 1 aromatic heterocycles. The molecule has 110 valence electrons. The maximum atomic E-state index is 12.2. The Hall–Kier alpha value is -2.76. The van der Waals surface area contributed by atoms with Crippen molar-refractivity contribution in [3.63, 3.8) is 0 Å². The average molecular weight is 287 g/mol. The van der Waals surface area contributed by atoms with Gasteiger partial charge in [0.05, 0.1) is 26.0 Å². The van der Waals surface area contributed by atoms with Gasteiger partial charge in [-0.25, -0.2) is 0 Å². The van der Waals surface area contributed by atoms with Gasteiger partial charge in [-0.3, -0.25) is 9.78 Å². The number of hydrogen-bond acceptors (Lipinski definition) is 5. The number of nitrogen functional groups attached to an aromatic ring is 1. The highest BCUT2D eigenvalue weighted by atomic mass is 16.5. The third kappa shape index (κ3) is 3.42. The minimum atomic E-state index is -0.251. The number of carbonyl (C=O) groups excluding carboxylic acids is 1. The highest BCUT2D eigenvalue weighted by molar-refractivity contribution is 5.96. The molecule has 1 aromatic carbocycles. The summed E-state index contributed by atoms with van der Waals surface area (Å²) in [5.41, 5.74) is 7.59. The highest BCUT2D eigenvalue weighted by Crippen LogP contribution is 2.21. The number of rotatable bonds is 5. The van der Waals surface area contributed by atoms with Crippen molar-refractivity contribution in [3.05, 3.63) is 47.8 Å². The van der Waals surface area contributed by atoms with E-state index >= 15 is 0 Å². The van der Waals surface area contributed by atoms with Gasteiger partial charge in [-0.05, 0) is 24.3 Å². The molecular weight excluding hydrogens is 270 g/mol. The van der Waals surface area contributed by atoms with E-state index in [2.05, 4.69) is 10.3 Å². The Morgan fingerprint density at radius 3 is 2.71 bits per heavy atom. The topological polar surface area (TPSA) is 86.5 Å². The third-order valence-electron chi connectivity index (χ3n) is 2.99. The van der Waals surface area contributed by atoms with E-state index in [4.69, 9.17) is 15.2 Å². The Kier molecular flexibility index (Phi) is 4.61. The second-order valence-corrected chi connectivity index (χ2v) is 4.33. The van der Waals surface area contributed by atoms with Crippen molar-refractivity contribution < 1.29 is 14.3 Å². The van der Waals surface area contributed by atoms with Crippen LogP contribution in [0.2, 0.25) is 0 Å². The first-order chi connectivity index (χ1) is 10.2. The predicted octanol–water partition coefficient (Wildman–Crippen LogP) is 1.61. The smallest absolute Gasteiger partial charge is 0.255 e. The van der Waals surface area contributed by atoms with E-state index in [1.807, 2.05) is 0 Å². The Labute approximate surface area is 122 Å².